The Balaban J connectivity index is 2.39. The predicted octanol–water partition coefficient (Wildman–Crippen LogP) is 4.49. The lowest BCUT2D eigenvalue weighted by Crippen LogP contribution is -2.57. The van der Waals surface area contributed by atoms with Gasteiger partial charge in [0, 0.05) is 4.88 Å². The van der Waals surface area contributed by atoms with Crippen LogP contribution in [0.15, 0.2) is 0 Å². The number of aryl methyl sites for hydroxylation is 1. The Morgan fingerprint density at radius 3 is 2.08 bits per heavy atom. The summed E-state index contributed by atoms with van der Waals surface area (Å²) in [6.45, 7) is 0. The number of alkyl halides is 7. The van der Waals surface area contributed by atoms with Crippen LogP contribution in [0.5, 0.6) is 0 Å². The predicted molar refractivity (Wildman–Crippen MR) is 77.1 cm³/mol. The number of thiophene rings is 1. The Morgan fingerprint density at radius 1 is 0.962 bits per heavy atom. The molecule has 1 aliphatic rings. The van der Waals surface area contributed by atoms with Crippen LogP contribution in [0.3, 0.4) is 0 Å². The average Bonchev–Trinajstić information content (AvgIpc) is 2.67. The van der Waals surface area contributed by atoms with Crippen LogP contribution in [-0.2, 0) is 17.6 Å². The van der Waals surface area contributed by atoms with Gasteiger partial charge < -0.3 is 10.4 Å². The number of carbonyl (C=O) groups excluding carboxylic acids is 1. The van der Waals surface area contributed by atoms with Crippen molar-refractivity contribution in [1.82, 2.24) is 0 Å². The number of hydrogen-bond acceptors (Lipinski definition) is 3. The smallest absolute Gasteiger partial charge is 0.460 e. The highest BCUT2D eigenvalue weighted by molar-refractivity contribution is 7.17. The number of carboxylic acid groups (broad SMARTS) is 1. The van der Waals surface area contributed by atoms with Crippen LogP contribution in [0.1, 0.15) is 40.1 Å². The van der Waals surface area contributed by atoms with Gasteiger partial charge in [-0.05, 0) is 31.2 Å². The summed E-state index contributed by atoms with van der Waals surface area (Å²) in [4.78, 5) is 23.3. The molecule has 0 spiro atoms. The molecule has 2 N–H and O–H groups in total. The highest BCUT2D eigenvalue weighted by Gasteiger charge is 2.76. The van der Waals surface area contributed by atoms with Gasteiger partial charge in [-0.2, -0.15) is 30.7 Å². The zero-order chi connectivity index (χ0) is 19.9. The summed E-state index contributed by atoms with van der Waals surface area (Å²) in [6, 6.07) is 0. The number of nitrogens with one attached hydrogen (secondary N) is 1. The number of fused-ring (bicyclic) bond motifs is 1. The Labute approximate surface area is 146 Å². The molecule has 0 saturated heterocycles. The summed E-state index contributed by atoms with van der Waals surface area (Å²) < 4.78 is 89.3. The molecule has 0 unspecified atom stereocenters. The summed E-state index contributed by atoms with van der Waals surface area (Å²) in [5.41, 5.74) is -0.271. The molecule has 4 nitrogen and oxygen atoms in total. The summed E-state index contributed by atoms with van der Waals surface area (Å²) in [6.07, 6.45) is -3.93. The molecule has 0 radical (unpaired) electrons. The van der Waals surface area contributed by atoms with Gasteiger partial charge in [-0.1, -0.05) is 6.42 Å². The SMILES string of the molecule is O=C(O)c1c(NC(=O)C(F)(F)C(F)(F)C(F)(F)F)sc2c1CCCCC2. The molecule has 0 atom stereocenters. The van der Waals surface area contributed by atoms with Gasteiger partial charge >= 0.3 is 29.9 Å². The van der Waals surface area contributed by atoms with Crippen LogP contribution in [-0.4, -0.2) is 35.0 Å². The quantitative estimate of drug-likeness (QED) is 0.571. The standard InChI is InChI=1S/C14H12F7NO3S/c15-12(16,13(17,18)14(19,20)21)11(25)22-9-8(10(23)24)6-4-2-1-3-5-7(6)26-9/h1-5H2,(H,22,25)(H,23,24). The van der Waals surface area contributed by atoms with E-state index in [1.54, 1.807) is 0 Å². The van der Waals surface area contributed by atoms with E-state index < -0.39 is 40.5 Å². The van der Waals surface area contributed by atoms with E-state index in [0.29, 0.717) is 35.5 Å². The molecule has 1 aromatic heterocycles. The van der Waals surface area contributed by atoms with E-state index in [4.69, 9.17) is 0 Å². The number of anilines is 1. The molecule has 0 aromatic carbocycles. The van der Waals surface area contributed by atoms with Gasteiger partial charge in [0.05, 0.1) is 5.56 Å². The lowest BCUT2D eigenvalue weighted by molar-refractivity contribution is -0.343. The monoisotopic (exact) mass is 407 g/mol. The van der Waals surface area contributed by atoms with Crippen molar-refractivity contribution in [3.63, 3.8) is 0 Å². The van der Waals surface area contributed by atoms with Crippen molar-refractivity contribution < 1.29 is 45.4 Å². The van der Waals surface area contributed by atoms with Gasteiger partial charge in [0.15, 0.2) is 0 Å². The maximum atomic E-state index is 13.4. The van der Waals surface area contributed by atoms with Crippen LogP contribution in [0.2, 0.25) is 0 Å². The zero-order valence-corrected chi connectivity index (χ0v) is 13.7. The molecular formula is C14H12F7NO3S. The molecule has 1 amide bonds. The van der Waals surface area contributed by atoms with E-state index in [-0.39, 0.29) is 12.0 Å². The number of amides is 1. The van der Waals surface area contributed by atoms with Crippen molar-refractivity contribution in [2.24, 2.45) is 0 Å². The van der Waals surface area contributed by atoms with Gasteiger partial charge in [0.25, 0.3) is 0 Å². The molecule has 0 saturated carbocycles. The lowest BCUT2D eigenvalue weighted by Gasteiger charge is -2.26. The normalized spacial score (nSPS) is 16.0. The lowest BCUT2D eigenvalue weighted by atomic mass is 10.1. The van der Waals surface area contributed by atoms with E-state index in [9.17, 15) is 45.4 Å². The molecule has 146 valence electrons. The Kier molecular flexibility index (Phi) is 5.28. The van der Waals surface area contributed by atoms with Gasteiger partial charge in [-0.3, -0.25) is 4.79 Å². The van der Waals surface area contributed by atoms with E-state index >= 15 is 0 Å². The van der Waals surface area contributed by atoms with E-state index in [0.717, 1.165) is 6.42 Å². The zero-order valence-electron chi connectivity index (χ0n) is 12.9. The van der Waals surface area contributed by atoms with Crippen molar-refractivity contribution in [3.8, 4) is 0 Å². The highest BCUT2D eigenvalue weighted by atomic mass is 32.1. The fourth-order valence-electron chi connectivity index (χ4n) is 2.56. The second kappa shape index (κ2) is 6.71. The first-order valence-corrected chi connectivity index (χ1v) is 8.14. The van der Waals surface area contributed by atoms with Crippen molar-refractivity contribution in [2.45, 2.75) is 50.1 Å². The molecule has 2 rings (SSSR count). The second-order valence-corrected chi connectivity index (χ2v) is 6.78. The van der Waals surface area contributed by atoms with Crippen LogP contribution in [0.4, 0.5) is 35.7 Å². The van der Waals surface area contributed by atoms with Gasteiger partial charge in [-0.15, -0.1) is 11.3 Å². The summed E-state index contributed by atoms with van der Waals surface area (Å²) in [5, 5.41) is 9.83. The first kappa shape index (κ1) is 20.5. The number of carbonyl (C=O) groups is 2. The topological polar surface area (TPSA) is 66.4 Å². The Morgan fingerprint density at radius 2 is 1.54 bits per heavy atom. The van der Waals surface area contributed by atoms with Crippen molar-refractivity contribution in [3.05, 3.63) is 16.0 Å². The molecule has 0 fully saturated rings. The van der Waals surface area contributed by atoms with Gasteiger partial charge in [-0.25, -0.2) is 4.79 Å². The van der Waals surface area contributed by atoms with Gasteiger partial charge in [0.1, 0.15) is 5.00 Å². The maximum absolute atomic E-state index is 13.4. The molecule has 0 aliphatic heterocycles. The third kappa shape index (κ3) is 3.38. The van der Waals surface area contributed by atoms with Gasteiger partial charge in [0.2, 0.25) is 0 Å². The number of aromatic carboxylic acids is 1. The molecule has 1 heterocycles. The summed E-state index contributed by atoms with van der Waals surface area (Å²) >= 11 is 0.594. The molecule has 1 aliphatic carbocycles. The minimum absolute atomic E-state index is 0.276. The van der Waals surface area contributed by atoms with Crippen LogP contribution in [0, 0.1) is 0 Å². The second-order valence-electron chi connectivity index (χ2n) is 5.67. The van der Waals surface area contributed by atoms with E-state index in [1.807, 2.05) is 0 Å². The van der Waals surface area contributed by atoms with Crippen molar-refractivity contribution >= 4 is 28.2 Å². The van der Waals surface area contributed by atoms with Crippen molar-refractivity contribution in [2.75, 3.05) is 5.32 Å². The maximum Gasteiger partial charge on any atom is 0.460 e. The molecule has 26 heavy (non-hydrogen) atoms. The number of carboxylic acids is 1. The first-order chi connectivity index (χ1) is 11.8. The van der Waals surface area contributed by atoms with Crippen LogP contribution < -0.4 is 5.32 Å². The Hall–Kier alpha value is -1.85. The number of halogens is 7. The fourth-order valence-corrected chi connectivity index (χ4v) is 3.84. The first-order valence-electron chi connectivity index (χ1n) is 7.32. The van der Waals surface area contributed by atoms with E-state index in [2.05, 4.69) is 0 Å². The molecule has 1 aromatic rings. The summed E-state index contributed by atoms with van der Waals surface area (Å²) in [7, 11) is 0. The largest absolute Gasteiger partial charge is 0.478 e. The highest BCUT2D eigenvalue weighted by Crippen LogP contribution is 2.47. The number of hydrogen-bond donors (Lipinski definition) is 2. The van der Waals surface area contributed by atoms with Crippen molar-refractivity contribution in [1.29, 1.82) is 0 Å². The average molecular weight is 407 g/mol. The molecule has 0 bridgehead atoms. The van der Waals surface area contributed by atoms with Crippen LogP contribution >= 0.6 is 11.3 Å². The third-order valence-corrected chi connectivity index (χ3v) is 5.11. The minimum atomic E-state index is -6.66. The fraction of sp³-hybridized carbons (Fsp3) is 0.571. The van der Waals surface area contributed by atoms with E-state index in [1.165, 1.54) is 5.32 Å². The number of rotatable bonds is 4. The molecular weight excluding hydrogens is 395 g/mol. The summed E-state index contributed by atoms with van der Waals surface area (Å²) in [5.74, 6) is -17.2. The molecule has 12 heteroatoms. The Bertz CT molecular complexity index is 727. The third-order valence-electron chi connectivity index (χ3n) is 3.90. The van der Waals surface area contributed by atoms with Crippen LogP contribution in [0.25, 0.3) is 0 Å². The minimum Gasteiger partial charge on any atom is -0.478 e.